The number of hydrogen-bond acceptors (Lipinski definition) is 0. The zero-order valence-electron chi connectivity index (χ0n) is 11.7. The largest absolute Gasteiger partial charge is 0.0984 e. The SMILES string of the molecule is C.C=C/C(=C\C=C(C)C)c1ccc(C)cc1.CC. The van der Waals surface area contributed by atoms with Gasteiger partial charge >= 0.3 is 0 Å². The van der Waals surface area contributed by atoms with E-state index in [1.807, 2.05) is 19.9 Å². The molecule has 0 heteroatoms. The summed E-state index contributed by atoms with van der Waals surface area (Å²) in [7, 11) is 0. The van der Waals surface area contributed by atoms with Crippen LogP contribution in [0, 0.1) is 6.92 Å². The Morgan fingerprint density at radius 2 is 1.50 bits per heavy atom. The van der Waals surface area contributed by atoms with Crippen molar-refractivity contribution in [3.05, 3.63) is 65.8 Å². The monoisotopic (exact) mass is 244 g/mol. The first kappa shape index (κ1) is 18.8. The Morgan fingerprint density at radius 1 is 1.00 bits per heavy atom. The average molecular weight is 244 g/mol. The number of aryl methyl sites for hydroxylation is 1. The maximum absolute atomic E-state index is 3.84. The molecule has 0 N–H and O–H groups in total. The van der Waals surface area contributed by atoms with Crippen molar-refractivity contribution in [2.24, 2.45) is 0 Å². The van der Waals surface area contributed by atoms with Crippen molar-refractivity contribution in [3.8, 4) is 0 Å². The van der Waals surface area contributed by atoms with Gasteiger partial charge in [-0.15, -0.1) is 0 Å². The van der Waals surface area contributed by atoms with Gasteiger partial charge < -0.3 is 0 Å². The van der Waals surface area contributed by atoms with E-state index in [1.165, 1.54) is 16.7 Å². The smallest absolute Gasteiger partial charge is 0.0184 e. The molecule has 0 aliphatic rings. The number of benzene rings is 1. The van der Waals surface area contributed by atoms with Gasteiger partial charge in [0, 0.05) is 0 Å². The summed E-state index contributed by atoms with van der Waals surface area (Å²) < 4.78 is 0. The van der Waals surface area contributed by atoms with Gasteiger partial charge in [0.05, 0.1) is 0 Å². The molecular weight excluding hydrogens is 216 g/mol. The van der Waals surface area contributed by atoms with Crippen LogP contribution in [0.4, 0.5) is 0 Å². The van der Waals surface area contributed by atoms with Gasteiger partial charge in [0.15, 0.2) is 0 Å². The van der Waals surface area contributed by atoms with E-state index in [0.29, 0.717) is 0 Å². The van der Waals surface area contributed by atoms with E-state index in [1.54, 1.807) is 0 Å². The van der Waals surface area contributed by atoms with Crippen molar-refractivity contribution in [2.45, 2.75) is 42.0 Å². The van der Waals surface area contributed by atoms with Crippen LogP contribution in [0.15, 0.2) is 54.6 Å². The fourth-order valence-corrected chi connectivity index (χ4v) is 1.28. The molecule has 18 heavy (non-hydrogen) atoms. The molecule has 0 saturated heterocycles. The molecule has 0 aromatic heterocycles. The number of rotatable bonds is 3. The highest BCUT2D eigenvalue weighted by Gasteiger charge is 1.95. The molecule has 0 nitrogen and oxygen atoms in total. The van der Waals surface area contributed by atoms with Crippen LogP contribution in [0.25, 0.3) is 5.57 Å². The molecule has 0 bridgehead atoms. The van der Waals surface area contributed by atoms with E-state index in [2.05, 4.69) is 63.8 Å². The van der Waals surface area contributed by atoms with E-state index in [-0.39, 0.29) is 7.43 Å². The highest BCUT2D eigenvalue weighted by atomic mass is 14.0. The molecule has 1 aromatic carbocycles. The Morgan fingerprint density at radius 3 is 1.89 bits per heavy atom. The predicted molar refractivity (Wildman–Crippen MR) is 86.9 cm³/mol. The number of allylic oxidation sites excluding steroid dienone is 5. The summed E-state index contributed by atoms with van der Waals surface area (Å²) in [6, 6.07) is 8.49. The summed E-state index contributed by atoms with van der Waals surface area (Å²) in [6.07, 6.45) is 6.11. The van der Waals surface area contributed by atoms with Gasteiger partial charge in [0.2, 0.25) is 0 Å². The van der Waals surface area contributed by atoms with Crippen molar-refractivity contribution in [1.29, 1.82) is 0 Å². The summed E-state index contributed by atoms with van der Waals surface area (Å²) >= 11 is 0. The zero-order valence-corrected chi connectivity index (χ0v) is 11.7. The van der Waals surface area contributed by atoms with Crippen molar-refractivity contribution >= 4 is 5.57 Å². The molecule has 0 saturated carbocycles. The highest BCUT2D eigenvalue weighted by molar-refractivity contribution is 5.74. The lowest BCUT2D eigenvalue weighted by atomic mass is 10.0. The highest BCUT2D eigenvalue weighted by Crippen LogP contribution is 2.16. The molecule has 0 radical (unpaired) electrons. The van der Waals surface area contributed by atoms with Crippen LogP contribution in [-0.4, -0.2) is 0 Å². The molecule has 0 fully saturated rings. The maximum Gasteiger partial charge on any atom is -0.0184 e. The standard InChI is InChI=1S/C15H18.C2H6.CH4/c1-5-14(9-6-12(2)3)15-10-7-13(4)8-11-15;1-2;/h5-11H,1H2,2-4H3;1-2H3;1H4/b14-9+;;. The first-order valence-electron chi connectivity index (χ1n) is 6.18. The second-order valence-electron chi connectivity index (χ2n) is 3.94. The van der Waals surface area contributed by atoms with Crippen molar-refractivity contribution in [1.82, 2.24) is 0 Å². The molecule has 0 atom stereocenters. The summed E-state index contributed by atoms with van der Waals surface area (Å²) in [5.74, 6) is 0. The van der Waals surface area contributed by atoms with Gasteiger partial charge in [-0.05, 0) is 31.9 Å². The fraction of sp³-hybridized carbons (Fsp3) is 0.333. The Hall–Kier alpha value is -1.56. The molecule has 0 spiro atoms. The third-order valence-electron chi connectivity index (χ3n) is 2.20. The van der Waals surface area contributed by atoms with Gasteiger partial charge in [-0.1, -0.05) is 81.5 Å². The van der Waals surface area contributed by atoms with Crippen LogP contribution in [0.1, 0.15) is 46.2 Å². The average Bonchev–Trinajstić information content (AvgIpc) is 2.34. The first-order chi connectivity index (χ1) is 8.13. The topological polar surface area (TPSA) is 0 Å². The van der Waals surface area contributed by atoms with Gasteiger partial charge in [0.25, 0.3) is 0 Å². The van der Waals surface area contributed by atoms with Crippen LogP contribution < -0.4 is 0 Å². The molecule has 0 aliphatic heterocycles. The molecular formula is C18H28. The van der Waals surface area contributed by atoms with Crippen LogP contribution in [0.3, 0.4) is 0 Å². The van der Waals surface area contributed by atoms with Crippen LogP contribution in [0.2, 0.25) is 0 Å². The minimum absolute atomic E-state index is 0. The molecule has 1 rings (SSSR count). The van der Waals surface area contributed by atoms with Gasteiger partial charge in [-0.25, -0.2) is 0 Å². The second kappa shape index (κ2) is 10.6. The minimum atomic E-state index is 0. The Kier molecular flexibility index (Phi) is 11.1. The number of hydrogen-bond donors (Lipinski definition) is 0. The van der Waals surface area contributed by atoms with Crippen LogP contribution in [-0.2, 0) is 0 Å². The minimum Gasteiger partial charge on any atom is -0.0984 e. The Labute approximate surface area is 114 Å². The van der Waals surface area contributed by atoms with Crippen molar-refractivity contribution < 1.29 is 0 Å². The van der Waals surface area contributed by atoms with E-state index < -0.39 is 0 Å². The molecule has 0 aliphatic carbocycles. The molecule has 0 amide bonds. The van der Waals surface area contributed by atoms with Crippen LogP contribution >= 0.6 is 0 Å². The van der Waals surface area contributed by atoms with E-state index in [0.717, 1.165) is 5.57 Å². The zero-order chi connectivity index (χ0) is 13.3. The normalized spacial score (nSPS) is 9.50. The van der Waals surface area contributed by atoms with Gasteiger partial charge in [-0.3, -0.25) is 0 Å². The quantitative estimate of drug-likeness (QED) is 0.556. The van der Waals surface area contributed by atoms with Crippen molar-refractivity contribution in [3.63, 3.8) is 0 Å². The molecule has 0 heterocycles. The molecule has 100 valence electrons. The van der Waals surface area contributed by atoms with E-state index in [9.17, 15) is 0 Å². The lowest BCUT2D eigenvalue weighted by Gasteiger charge is -2.02. The summed E-state index contributed by atoms with van der Waals surface area (Å²) in [5, 5.41) is 0. The molecule has 0 unspecified atom stereocenters. The van der Waals surface area contributed by atoms with Crippen molar-refractivity contribution in [2.75, 3.05) is 0 Å². The Balaban J connectivity index is 0. The fourth-order valence-electron chi connectivity index (χ4n) is 1.28. The third-order valence-corrected chi connectivity index (χ3v) is 2.20. The lowest BCUT2D eigenvalue weighted by Crippen LogP contribution is -1.80. The van der Waals surface area contributed by atoms with Gasteiger partial charge in [-0.2, -0.15) is 0 Å². The van der Waals surface area contributed by atoms with E-state index >= 15 is 0 Å². The first-order valence-corrected chi connectivity index (χ1v) is 6.18. The van der Waals surface area contributed by atoms with Crippen LogP contribution in [0.5, 0.6) is 0 Å². The molecule has 1 aromatic rings. The van der Waals surface area contributed by atoms with E-state index in [4.69, 9.17) is 0 Å². The lowest BCUT2D eigenvalue weighted by molar-refractivity contribution is 1.39. The maximum atomic E-state index is 3.84. The summed E-state index contributed by atoms with van der Waals surface area (Å²) in [4.78, 5) is 0. The van der Waals surface area contributed by atoms with Gasteiger partial charge in [0.1, 0.15) is 0 Å². The summed E-state index contributed by atoms with van der Waals surface area (Å²) in [6.45, 7) is 14.1. The predicted octanol–water partition coefficient (Wildman–Crippen LogP) is 6.19. The summed E-state index contributed by atoms with van der Waals surface area (Å²) in [5.41, 5.74) is 4.95. The second-order valence-corrected chi connectivity index (χ2v) is 3.94. The third kappa shape index (κ3) is 6.90. The Bertz CT molecular complexity index is 385.